The maximum absolute atomic E-state index is 11.8. The number of carbonyl (C=O) groups is 1. The molecule has 0 aromatic rings. The molecule has 3 heteroatoms. The van der Waals surface area contributed by atoms with E-state index in [2.05, 4.69) is 12.2 Å². The van der Waals surface area contributed by atoms with Crippen LogP contribution in [-0.2, 0) is 4.79 Å². The molecule has 4 atom stereocenters. The molecule has 0 heterocycles. The van der Waals surface area contributed by atoms with Crippen LogP contribution in [-0.4, -0.2) is 30.9 Å². The summed E-state index contributed by atoms with van der Waals surface area (Å²) in [5, 5.41) is 0. The normalized spacial score (nSPS) is 41.2. The lowest BCUT2D eigenvalue weighted by atomic mass is 9.88. The van der Waals surface area contributed by atoms with E-state index < -0.39 is 0 Å². The van der Waals surface area contributed by atoms with Crippen LogP contribution in [0.25, 0.3) is 0 Å². The Hall–Kier alpha value is -0.830. The van der Waals surface area contributed by atoms with Gasteiger partial charge in [-0.1, -0.05) is 12.2 Å². The van der Waals surface area contributed by atoms with Crippen LogP contribution in [0.1, 0.15) is 6.42 Å². The third-order valence-corrected chi connectivity index (χ3v) is 3.25. The van der Waals surface area contributed by atoms with Gasteiger partial charge in [0.2, 0.25) is 5.91 Å². The predicted molar refractivity (Wildman–Crippen MR) is 50.9 cm³/mol. The number of carbonyl (C=O) groups excluding carboxylic acids is 1. The highest BCUT2D eigenvalue weighted by molar-refractivity contribution is 5.80. The number of nitrogens with zero attached hydrogens (tertiary/aromatic N) is 1. The van der Waals surface area contributed by atoms with E-state index in [9.17, 15) is 4.79 Å². The Bertz CT molecular complexity index is 260. The maximum atomic E-state index is 11.8. The SMILES string of the molecule is CN(C)C(=O)C1C2C=CC(C2)C1N. The smallest absolute Gasteiger partial charge is 0.227 e. The molecule has 1 amide bonds. The Labute approximate surface area is 78.6 Å². The maximum Gasteiger partial charge on any atom is 0.227 e. The zero-order valence-electron chi connectivity index (χ0n) is 8.10. The molecule has 2 rings (SSSR count). The van der Waals surface area contributed by atoms with Crippen molar-refractivity contribution in [3.63, 3.8) is 0 Å². The number of nitrogens with two attached hydrogens (primary N) is 1. The third-order valence-electron chi connectivity index (χ3n) is 3.25. The van der Waals surface area contributed by atoms with Crippen molar-refractivity contribution in [2.24, 2.45) is 23.5 Å². The lowest BCUT2D eigenvalue weighted by Gasteiger charge is -2.26. The van der Waals surface area contributed by atoms with Crippen LogP contribution in [0.3, 0.4) is 0 Å². The van der Waals surface area contributed by atoms with Crippen molar-refractivity contribution in [1.82, 2.24) is 4.90 Å². The quantitative estimate of drug-likeness (QED) is 0.587. The summed E-state index contributed by atoms with van der Waals surface area (Å²) < 4.78 is 0. The Kier molecular flexibility index (Phi) is 1.91. The van der Waals surface area contributed by atoms with Crippen molar-refractivity contribution in [3.8, 4) is 0 Å². The van der Waals surface area contributed by atoms with Crippen molar-refractivity contribution in [3.05, 3.63) is 12.2 Å². The van der Waals surface area contributed by atoms with Crippen LogP contribution in [0.2, 0.25) is 0 Å². The summed E-state index contributed by atoms with van der Waals surface area (Å²) in [7, 11) is 3.59. The number of allylic oxidation sites excluding steroid dienone is 1. The molecular formula is C10H16N2O. The van der Waals surface area contributed by atoms with E-state index in [0.29, 0.717) is 11.8 Å². The molecule has 0 spiro atoms. The summed E-state index contributed by atoms with van der Waals surface area (Å²) in [6.07, 6.45) is 5.39. The average Bonchev–Trinajstić information content (AvgIpc) is 2.62. The van der Waals surface area contributed by atoms with Crippen LogP contribution in [0.5, 0.6) is 0 Å². The number of rotatable bonds is 1. The minimum absolute atomic E-state index is 0.0324. The van der Waals surface area contributed by atoms with Gasteiger partial charge in [-0.3, -0.25) is 4.79 Å². The molecule has 2 aliphatic rings. The van der Waals surface area contributed by atoms with Gasteiger partial charge in [-0.25, -0.2) is 0 Å². The second kappa shape index (κ2) is 2.84. The van der Waals surface area contributed by atoms with E-state index in [0.717, 1.165) is 6.42 Å². The van der Waals surface area contributed by atoms with Gasteiger partial charge < -0.3 is 10.6 Å². The lowest BCUT2D eigenvalue weighted by Crippen LogP contribution is -2.43. The Morgan fingerprint density at radius 3 is 2.46 bits per heavy atom. The van der Waals surface area contributed by atoms with Crippen molar-refractivity contribution in [2.75, 3.05) is 14.1 Å². The van der Waals surface area contributed by atoms with Crippen molar-refractivity contribution in [1.29, 1.82) is 0 Å². The molecule has 2 aliphatic carbocycles. The van der Waals surface area contributed by atoms with Gasteiger partial charge in [0.25, 0.3) is 0 Å². The fraction of sp³-hybridized carbons (Fsp3) is 0.700. The van der Waals surface area contributed by atoms with E-state index in [1.807, 2.05) is 0 Å². The summed E-state index contributed by atoms with van der Waals surface area (Å²) in [4.78, 5) is 13.4. The first-order valence-corrected chi connectivity index (χ1v) is 4.76. The summed E-state index contributed by atoms with van der Waals surface area (Å²) in [6, 6.07) is 0.0462. The predicted octanol–water partition coefficient (Wildman–Crippen LogP) is 0.224. The molecule has 0 saturated heterocycles. The van der Waals surface area contributed by atoms with Crippen LogP contribution in [0.4, 0.5) is 0 Å². The molecule has 0 aromatic heterocycles. The van der Waals surface area contributed by atoms with Crippen LogP contribution in [0.15, 0.2) is 12.2 Å². The zero-order chi connectivity index (χ0) is 9.59. The number of hydrogen-bond donors (Lipinski definition) is 1. The molecular weight excluding hydrogens is 164 g/mol. The fourth-order valence-electron chi connectivity index (χ4n) is 2.51. The first-order valence-electron chi connectivity index (χ1n) is 4.76. The first kappa shape index (κ1) is 8.75. The van der Waals surface area contributed by atoms with E-state index in [1.54, 1.807) is 19.0 Å². The molecule has 13 heavy (non-hydrogen) atoms. The van der Waals surface area contributed by atoms with Gasteiger partial charge in [0.05, 0.1) is 5.92 Å². The van der Waals surface area contributed by atoms with Gasteiger partial charge in [0.1, 0.15) is 0 Å². The second-order valence-corrected chi connectivity index (χ2v) is 4.28. The monoisotopic (exact) mass is 180 g/mol. The standard InChI is InChI=1S/C10H16N2O/c1-12(2)10(13)8-6-3-4-7(5-6)9(8)11/h3-4,6-9H,5,11H2,1-2H3. The third kappa shape index (κ3) is 1.18. The molecule has 3 nitrogen and oxygen atoms in total. The highest BCUT2D eigenvalue weighted by Crippen LogP contribution is 2.43. The summed E-state index contributed by atoms with van der Waals surface area (Å²) >= 11 is 0. The molecule has 1 fully saturated rings. The van der Waals surface area contributed by atoms with Gasteiger partial charge in [-0.2, -0.15) is 0 Å². The number of amides is 1. The van der Waals surface area contributed by atoms with Gasteiger partial charge in [-0.05, 0) is 18.3 Å². The molecule has 0 aromatic carbocycles. The average molecular weight is 180 g/mol. The summed E-state index contributed by atoms with van der Waals surface area (Å²) in [5.74, 6) is 1.06. The Morgan fingerprint density at radius 2 is 2.00 bits per heavy atom. The molecule has 0 radical (unpaired) electrons. The minimum Gasteiger partial charge on any atom is -0.349 e. The van der Waals surface area contributed by atoms with Crippen LogP contribution in [0, 0.1) is 17.8 Å². The van der Waals surface area contributed by atoms with E-state index in [-0.39, 0.29) is 17.9 Å². The fourth-order valence-corrected chi connectivity index (χ4v) is 2.51. The van der Waals surface area contributed by atoms with Gasteiger partial charge >= 0.3 is 0 Å². The van der Waals surface area contributed by atoms with Gasteiger partial charge in [0, 0.05) is 20.1 Å². The zero-order valence-corrected chi connectivity index (χ0v) is 8.10. The topological polar surface area (TPSA) is 46.3 Å². The van der Waals surface area contributed by atoms with E-state index in [1.165, 1.54) is 0 Å². The highest BCUT2D eigenvalue weighted by Gasteiger charge is 2.46. The number of hydrogen-bond acceptors (Lipinski definition) is 2. The largest absolute Gasteiger partial charge is 0.349 e. The second-order valence-electron chi connectivity index (χ2n) is 4.28. The van der Waals surface area contributed by atoms with Gasteiger partial charge in [0.15, 0.2) is 0 Å². The van der Waals surface area contributed by atoms with Gasteiger partial charge in [-0.15, -0.1) is 0 Å². The molecule has 2 bridgehead atoms. The number of fused-ring (bicyclic) bond motifs is 2. The Morgan fingerprint density at radius 1 is 1.38 bits per heavy atom. The van der Waals surface area contributed by atoms with Crippen LogP contribution < -0.4 is 5.73 Å². The molecule has 0 aliphatic heterocycles. The Balaban J connectivity index is 2.17. The van der Waals surface area contributed by atoms with Crippen molar-refractivity contribution < 1.29 is 4.79 Å². The first-order chi connectivity index (χ1) is 6.11. The molecule has 2 N–H and O–H groups in total. The summed E-state index contributed by atoms with van der Waals surface area (Å²) in [5.41, 5.74) is 6.00. The van der Waals surface area contributed by atoms with Crippen molar-refractivity contribution >= 4 is 5.91 Å². The van der Waals surface area contributed by atoms with Crippen molar-refractivity contribution in [2.45, 2.75) is 12.5 Å². The van der Waals surface area contributed by atoms with Crippen LogP contribution >= 0.6 is 0 Å². The van der Waals surface area contributed by atoms with E-state index in [4.69, 9.17) is 5.73 Å². The molecule has 1 saturated carbocycles. The minimum atomic E-state index is 0.0324. The molecule has 4 unspecified atom stereocenters. The summed E-state index contributed by atoms with van der Waals surface area (Å²) in [6.45, 7) is 0. The highest BCUT2D eigenvalue weighted by atomic mass is 16.2. The molecule has 72 valence electrons. The van der Waals surface area contributed by atoms with E-state index >= 15 is 0 Å². The lowest BCUT2D eigenvalue weighted by molar-refractivity contribution is -0.134.